The number of amides is 1. The molecule has 1 amide bonds. The van der Waals surface area contributed by atoms with Crippen molar-refractivity contribution in [3.05, 3.63) is 76.1 Å². The van der Waals surface area contributed by atoms with Gasteiger partial charge in [-0.1, -0.05) is 18.2 Å². The molecule has 0 unspecified atom stereocenters. The van der Waals surface area contributed by atoms with Crippen LogP contribution in [-0.2, 0) is 6.54 Å². The number of nitrogens with one attached hydrogen (secondary N) is 2. The largest absolute Gasteiger partial charge is 0.331 e. The molecule has 4 aromatic rings. The van der Waals surface area contributed by atoms with E-state index >= 15 is 0 Å². The van der Waals surface area contributed by atoms with E-state index in [9.17, 15) is 4.79 Å². The van der Waals surface area contributed by atoms with Crippen LogP contribution in [0, 0.1) is 6.92 Å². The topological polar surface area (TPSA) is 73.4 Å². The predicted molar refractivity (Wildman–Crippen MR) is 145 cm³/mol. The second-order valence-electron chi connectivity index (χ2n) is 8.76. The van der Waals surface area contributed by atoms with Gasteiger partial charge >= 0.3 is 0 Å². The van der Waals surface area contributed by atoms with Gasteiger partial charge in [-0.15, -0.1) is 22.7 Å². The van der Waals surface area contributed by atoms with Crippen LogP contribution < -0.4 is 10.6 Å². The molecule has 0 spiro atoms. The molecule has 180 valence electrons. The van der Waals surface area contributed by atoms with Crippen LogP contribution in [0.5, 0.6) is 0 Å². The highest BCUT2D eigenvalue weighted by Crippen LogP contribution is 2.30. The summed E-state index contributed by atoms with van der Waals surface area (Å²) in [7, 11) is 2.16. The van der Waals surface area contributed by atoms with Crippen LogP contribution in [0.15, 0.2) is 59.4 Å². The number of aromatic nitrogens is 2. The molecule has 7 nitrogen and oxygen atoms in total. The van der Waals surface area contributed by atoms with E-state index in [0.717, 1.165) is 65.5 Å². The number of carbonyl (C=O) groups is 1. The molecule has 1 saturated heterocycles. The van der Waals surface area contributed by atoms with Gasteiger partial charge in [0.15, 0.2) is 5.13 Å². The van der Waals surface area contributed by atoms with E-state index in [0.29, 0.717) is 5.56 Å². The monoisotopic (exact) mass is 504 g/mol. The number of hydrogen-bond donors (Lipinski definition) is 2. The quantitative estimate of drug-likeness (QED) is 0.355. The Morgan fingerprint density at radius 2 is 1.86 bits per heavy atom. The number of rotatable bonds is 7. The first-order valence-corrected chi connectivity index (χ1v) is 13.3. The van der Waals surface area contributed by atoms with Gasteiger partial charge in [0.2, 0.25) is 0 Å². The van der Waals surface area contributed by atoms with E-state index in [2.05, 4.69) is 49.6 Å². The highest BCUT2D eigenvalue weighted by molar-refractivity contribution is 7.15. The molecular formula is C26H28N6OS2. The molecule has 0 radical (unpaired) electrons. The lowest BCUT2D eigenvalue weighted by Gasteiger charge is -2.32. The Hall–Kier alpha value is -3.11. The molecule has 5 rings (SSSR count). The molecular weight excluding hydrogens is 476 g/mol. The molecule has 9 heteroatoms. The molecule has 0 atom stereocenters. The lowest BCUT2D eigenvalue weighted by Crippen LogP contribution is -2.43. The maximum atomic E-state index is 12.9. The number of benzene rings is 2. The van der Waals surface area contributed by atoms with Gasteiger partial charge in [-0.3, -0.25) is 9.69 Å². The summed E-state index contributed by atoms with van der Waals surface area (Å²) < 4.78 is 0. The molecule has 1 fully saturated rings. The standard InChI is InChI=1S/C26H28N6OS2/c1-18-3-8-21(15-22(18)29-26-30-23(17-35-26)25-27-9-14-34-25)28-24(33)20-6-4-19(5-7-20)16-32-12-10-31(2)11-13-32/h3-9,14-15,17H,10-13,16H2,1-2H3,(H,28,33)(H,29,30). The van der Waals surface area contributed by atoms with Crippen molar-refractivity contribution >= 4 is 45.1 Å². The fraction of sp³-hybridized carbons (Fsp3) is 0.269. The van der Waals surface area contributed by atoms with E-state index in [1.54, 1.807) is 17.5 Å². The highest BCUT2D eigenvalue weighted by Gasteiger charge is 2.15. The summed E-state index contributed by atoms with van der Waals surface area (Å²) in [5.74, 6) is -0.119. The molecule has 0 saturated carbocycles. The maximum absolute atomic E-state index is 12.9. The SMILES string of the molecule is Cc1ccc(NC(=O)c2ccc(CN3CCN(C)CC3)cc2)cc1Nc1nc(-c2nccs2)cs1. The molecule has 1 aliphatic rings. The molecule has 2 aromatic carbocycles. The zero-order chi connectivity index (χ0) is 24.2. The second kappa shape index (κ2) is 10.7. The van der Waals surface area contributed by atoms with Crippen molar-refractivity contribution < 1.29 is 4.79 Å². The number of hydrogen-bond acceptors (Lipinski definition) is 8. The molecule has 0 bridgehead atoms. The summed E-state index contributed by atoms with van der Waals surface area (Å²) in [6.45, 7) is 7.31. The number of piperazine rings is 1. The summed E-state index contributed by atoms with van der Waals surface area (Å²) in [6, 6.07) is 13.8. The minimum absolute atomic E-state index is 0.119. The van der Waals surface area contributed by atoms with Gasteiger partial charge in [-0.05, 0) is 49.4 Å². The number of nitrogens with zero attached hydrogens (tertiary/aromatic N) is 4. The molecule has 2 aromatic heterocycles. The molecule has 35 heavy (non-hydrogen) atoms. The van der Waals surface area contributed by atoms with Gasteiger partial charge in [0.05, 0.1) is 0 Å². The summed E-state index contributed by atoms with van der Waals surface area (Å²) in [6.07, 6.45) is 1.78. The van der Waals surface area contributed by atoms with E-state index in [-0.39, 0.29) is 5.91 Å². The van der Waals surface area contributed by atoms with Crippen LogP contribution >= 0.6 is 22.7 Å². The first-order chi connectivity index (χ1) is 17.0. The fourth-order valence-electron chi connectivity index (χ4n) is 3.96. The average Bonchev–Trinajstić information content (AvgIpc) is 3.55. The van der Waals surface area contributed by atoms with Crippen molar-refractivity contribution in [3.63, 3.8) is 0 Å². The van der Waals surface area contributed by atoms with Gasteiger partial charge in [-0.25, -0.2) is 9.97 Å². The first-order valence-electron chi connectivity index (χ1n) is 11.6. The Morgan fingerprint density at radius 3 is 2.60 bits per heavy atom. The minimum atomic E-state index is -0.119. The molecule has 1 aliphatic heterocycles. The Balaban J connectivity index is 1.21. The lowest BCUT2D eigenvalue weighted by molar-refractivity contribution is 0.102. The second-order valence-corrected chi connectivity index (χ2v) is 10.5. The van der Waals surface area contributed by atoms with Crippen molar-refractivity contribution in [2.24, 2.45) is 0 Å². The highest BCUT2D eigenvalue weighted by atomic mass is 32.1. The summed E-state index contributed by atoms with van der Waals surface area (Å²) in [5.41, 5.74) is 5.46. The Kier molecular flexibility index (Phi) is 7.19. The molecule has 2 N–H and O–H groups in total. The van der Waals surface area contributed by atoms with Crippen molar-refractivity contribution in [1.82, 2.24) is 19.8 Å². The van der Waals surface area contributed by atoms with Gasteiger partial charge in [0.1, 0.15) is 10.7 Å². The smallest absolute Gasteiger partial charge is 0.255 e. The number of likely N-dealkylation sites (N-methyl/N-ethyl adjacent to an activating group) is 1. The third-order valence-electron chi connectivity index (χ3n) is 6.11. The van der Waals surface area contributed by atoms with Crippen LogP contribution in [0.2, 0.25) is 0 Å². The summed E-state index contributed by atoms with van der Waals surface area (Å²) in [5, 5.41) is 12.0. The van der Waals surface area contributed by atoms with Gasteiger partial charge < -0.3 is 15.5 Å². The maximum Gasteiger partial charge on any atom is 0.255 e. The predicted octanol–water partition coefficient (Wildman–Crippen LogP) is 5.32. The minimum Gasteiger partial charge on any atom is -0.331 e. The first kappa shape index (κ1) is 23.6. The van der Waals surface area contributed by atoms with Gasteiger partial charge in [0, 0.05) is 66.6 Å². The van der Waals surface area contributed by atoms with Crippen LogP contribution in [-0.4, -0.2) is 58.9 Å². The Bertz CT molecular complexity index is 1280. The number of anilines is 3. The van der Waals surface area contributed by atoms with Crippen LogP contribution in [0.3, 0.4) is 0 Å². The van der Waals surface area contributed by atoms with Crippen molar-refractivity contribution in [2.75, 3.05) is 43.9 Å². The zero-order valence-electron chi connectivity index (χ0n) is 19.8. The van der Waals surface area contributed by atoms with E-state index < -0.39 is 0 Å². The third kappa shape index (κ3) is 5.94. The number of carbonyl (C=O) groups excluding carboxylic acids is 1. The average molecular weight is 505 g/mol. The third-order valence-corrected chi connectivity index (χ3v) is 7.66. The van der Waals surface area contributed by atoms with E-state index in [4.69, 9.17) is 0 Å². The van der Waals surface area contributed by atoms with Gasteiger partial charge in [-0.2, -0.15) is 0 Å². The van der Waals surface area contributed by atoms with E-state index in [1.165, 1.54) is 16.9 Å². The normalized spacial score (nSPS) is 14.7. The van der Waals surface area contributed by atoms with Crippen LogP contribution in [0.4, 0.5) is 16.5 Å². The molecule has 0 aliphatic carbocycles. The summed E-state index contributed by atoms with van der Waals surface area (Å²) in [4.78, 5) is 26.7. The summed E-state index contributed by atoms with van der Waals surface area (Å²) >= 11 is 3.10. The Morgan fingerprint density at radius 1 is 1.06 bits per heavy atom. The lowest BCUT2D eigenvalue weighted by atomic mass is 10.1. The fourth-order valence-corrected chi connectivity index (χ4v) is 5.34. The van der Waals surface area contributed by atoms with Crippen molar-refractivity contribution in [2.45, 2.75) is 13.5 Å². The Labute approximate surface area is 213 Å². The van der Waals surface area contributed by atoms with Gasteiger partial charge in [0.25, 0.3) is 5.91 Å². The number of aryl methyl sites for hydroxylation is 1. The van der Waals surface area contributed by atoms with E-state index in [1.807, 2.05) is 48.0 Å². The van der Waals surface area contributed by atoms with Crippen LogP contribution in [0.1, 0.15) is 21.5 Å². The van der Waals surface area contributed by atoms with Crippen LogP contribution in [0.25, 0.3) is 10.7 Å². The van der Waals surface area contributed by atoms with Crippen molar-refractivity contribution in [1.29, 1.82) is 0 Å². The number of thiazole rings is 2. The molecule has 3 heterocycles. The zero-order valence-corrected chi connectivity index (χ0v) is 21.5. The van der Waals surface area contributed by atoms with Crippen molar-refractivity contribution in [3.8, 4) is 10.7 Å².